The summed E-state index contributed by atoms with van der Waals surface area (Å²) in [4.78, 5) is 16.2. The van der Waals surface area contributed by atoms with Crippen molar-refractivity contribution in [2.45, 2.75) is 6.61 Å². The number of aromatic nitrogens is 1. The highest BCUT2D eigenvalue weighted by molar-refractivity contribution is 7.13. The maximum absolute atomic E-state index is 11.6. The standard InChI is InChI=1S/C16H14N2O3S/c1-20-17-15(19)12-8-6-11(7-9-12)10-21-16-13-4-2-3-5-14(13)22-18-16/h2-9H,10H2,1H3,(H,17,19). The number of nitrogens with one attached hydrogen (secondary N) is 1. The number of fused-ring (bicyclic) bond motifs is 1. The summed E-state index contributed by atoms with van der Waals surface area (Å²) in [6.45, 7) is 0.403. The number of hydrogen-bond acceptors (Lipinski definition) is 5. The summed E-state index contributed by atoms with van der Waals surface area (Å²) in [5.74, 6) is 0.363. The first kappa shape index (κ1) is 14.5. The zero-order chi connectivity index (χ0) is 15.4. The van der Waals surface area contributed by atoms with E-state index < -0.39 is 0 Å². The van der Waals surface area contributed by atoms with Crippen LogP contribution in [0.3, 0.4) is 0 Å². The van der Waals surface area contributed by atoms with Gasteiger partial charge in [0.05, 0.1) is 17.2 Å². The Morgan fingerprint density at radius 2 is 1.95 bits per heavy atom. The van der Waals surface area contributed by atoms with Crippen LogP contribution in [-0.4, -0.2) is 17.4 Å². The summed E-state index contributed by atoms with van der Waals surface area (Å²) in [7, 11) is 1.40. The Morgan fingerprint density at radius 3 is 2.73 bits per heavy atom. The van der Waals surface area contributed by atoms with Crippen molar-refractivity contribution < 1.29 is 14.4 Å². The molecule has 1 aromatic heterocycles. The van der Waals surface area contributed by atoms with Gasteiger partial charge in [-0.05, 0) is 41.4 Å². The number of hydroxylamine groups is 1. The molecule has 0 saturated heterocycles. The summed E-state index contributed by atoms with van der Waals surface area (Å²) >= 11 is 1.42. The van der Waals surface area contributed by atoms with Crippen LogP contribution in [-0.2, 0) is 11.4 Å². The van der Waals surface area contributed by atoms with Gasteiger partial charge < -0.3 is 4.74 Å². The Balaban J connectivity index is 1.68. The van der Waals surface area contributed by atoms with Gasteiger partial charge in [-0.15, -0.1) is 0 Å². The average Bonchev–Trinajstić information content (AvgIpc) is 2.97. The molecule has 2 aromatic carbocycles. The molecule has 0 aliphatic heterocycles. The molecule has 3 aromatic rings. The fraction of sp³-hybridized carbons (Fsp3) is 0.125. The van der Waals surface area contributed by atoms with E-state index in [9.17, 15) is 4.79 Å². The van der Waals surface area contributed by atoms with Crippen LogP contribution in [0.1, 0.15) is 15.9 Å². The Kier molecular flexibility index (Phi) is 4.32. The highest BCUT2D eigenvalue weighted by Crippen LogP contribution is 2.28. The second kappa shape index (κ2) is 6.55. The molecule has 0 saturated carbocycles. The van der Waals surface area contributed by atoms with Crippen molar-refractivity contribution in [1.29, 1.82) is 0 Å². The van der Waals surface area contributed by atoms with Crippen molar-refractivity contribution in [3.05, 3.63) is 59.7 Å². The molecule has 22 heavy (non-hydrogen) atoms. The second-order valence-corrected chi connectivity index (χ2v) is 5.41. The molecule has 3 rings (SSSR count). The van der Waals surface area contributed by atoms with E-state index in [1.54, 1.807) is 12.1 Å². The summed E-state index contributed by atoms with van der Waals surface area (Å²) < 4.78 is 11.2. The first-order valence-corrected chi connectivity index (χ1v) is 7.45. The van der Waals surface area contributed by atoms with Crippen LogP contribution in [0.5, 0.6) is 5.88 Å². The molecule has 1 amide bonds. The Bertz CT molecular complexity index is 783. The third-order valence-electron chi connectivity index (χ3n) is 3.13. The highest BCUT2D eigenvalue weighted by Gasteiger charge is 2.08. The number of benzene rings is 2. The van der Waals surface area contributed by atoms with Gasteiger partial charge in [-0.25, -0.2) is 5.48 Å². The van der Waals surface area contributed by atoms with Crippen LogP contribution in [0.2, 0.25) is 0 Å². The molecule has 0 radical (unpaired) electrons. The lowest BCUT2D eigenvalue weighted by Gasteiger charge is -2.05. The van der Waals surface area contributed by atoms with Gasteiger partial charge in [0.2, 0.25) is 5.88 Å². The van der Waals surface area contributed by atoms with E-state index in [4.69, 9.17) is 4.74 Å². The Hall–Kier alpha value is -2.44. The predicted octanol–water partition coefficient (Wildman–Crippen LogP) is 3.17. The number of carbonyl (C=O) groups is 1. The zero-order valence-electron chi connectivity index (χ0n) is 11.9. The first-order chi connectivity index (χ1) is 10.8. The fourth-order valence-corrected chi connectivity index (χ4v) is 2.75. The molecule has 0 aliphatic rings. The second-order valence-electron chi connectivity index (χ2n) is 4.60. The van der Waals surface area contributed by atoms with Crippen LogP contribution in [0.15, 0.2) is 48.5 Å². The molecule has 0 fully saturated rings. The highest BCUT2D eigenvalue weighted by atomic mass is 32.1. The van der Waals surface area contributed by atoms with E-state index in [0.29, 0.717) is 18.1 Å². The maximum Gasteiger partial charge on any atom is 0.274 e. The van der Waals surface area contributed by atoms with Gasteiger partial charge in [-0.3, -0.25) is 9.63 Å². The monoisotopic (exact) mass is 314 g/mol. The molecule has 0 spiro atoms. The van der Waals surface area contributed by atoms with Gasteiger partial charge in [0.1, 0.15) is 6.61 Å². The lowest BCUT2D eigenvalue weighted by Crippen LogP contribution is -2.21. The van der Waals surface area contributed by atoms with Crippen LogP contribution in [0.25, 0.3) is 10.1 Å². The molecule has 0 aliphatic carbocycles. The van der Waals surface area contributed by atoms with E-state index >= 15 is 0 Å². The number of ether oxygens (including phenoxy) is 1. The fourth-order valence-electron chi connectivity index (χ4n) is 2.02. The number of hydrogen-bond donors (Lipinski definition) is 1. The maximum atomic E-state index is 11.6. The van der Waals surface area contributed by atoms with E-state index in [1.807, 2.05) is 36.4 Å². The molecule has 5 nitrogen and oxygen atoms in total. The summed E-state index contributed by atoms with van der Waals surface area (Å²) in [6, 6.07) is 15.1. The summed E-state index contributed by atoms with van der Waals surface area (Å²) in [5, 5.41) is 1.02. The van der Waals surface area contributed by atoms with Gasteiger partial charge in [0.25, 0.3) is 5.91 Å². The van der Waals surface area contributed by atoms with Crippen LogP contribution in [0.4, 0.5) is 0 Å². The molecule has 0 bridgehead atoms. The first-order valence-electron chi connectivity index (χ1n) is 6.67. The SMILES string of the molecule is CONC(=O)c1ccc(COc2nsc3ccccc23)cc1. The Labute approximate surface area is 131 Å². The number of carbonyl (C=O) groups excluding carboxylic acids is 1. The molecular formula is C16H14N2O3S. The summed E-state index contributed by atoms with van der Waals surface area (Å²) in [6.07, 6.45) is 0. The van der Waals surface area contributed by atoms with Crippen molar-refractivity contribution >= 4 is 27.5 Å². The molecule has 6 heteroatoms. The van der Waals surface area contributed by atoms with Crippen LogP contribution < -0.4 is 10.2 Å². The summed E-state index contributed by atoms with van der Waals surface area (Å²) in [5.41, 5.74) is 3.77. The number of rotatable bonds is 5. The molecule has 112 valence electrons. The van der Waals surface area contributed by atoms with Crippen molar-refractivity contribution in [1.82, 2.24) is 9.85 Å². The van der Waals surface area contributed by atoms with Crippen LogP contribution in [0, 0.1) is 0 Å². The Morgan fingerprint density at radius 1 is 1.18 bits per heavy atom. The molecule has 0 atom stereocenters. The number of amides is 1. The minimum absolute atomic E-state index is 0.277. The molecular weight excluding hydrogens is 300 g/mol. The van der Waals surface area contributed by atoms with E-state index in [2.05, 4.69) is 14.7 Å². The lowest BCUT2D eigenvalue weighted by molar-refractivity contribution is 0.0537. The third kappa shape index (κ3) is 3.08. The molecule has 1 heterocycles. The third-order valence-corrected chi connectivity index (χ3v) is 3.94. The van der Waals surface area contributed by atoms with Crippen LogP contribution >= 0.6 is 11.5 Å². The van der Waals surface area contributed by atoms with E-state index in [0.717, 1.165) is 15.6 Å². The van der Waals surface area contributed by atoms with Gasteiger partial charge in [0, 0.05) is 5.56 Å². The predicted molar refractivity (Wildman–Crippen MR) is 84.9 cm³/mol. The van der Waals surface area contributed by atoms with Crippen molar-refractivity contribution in [3.63, 3.8) is 0 Å². The topological polar surface area (TPSA) is 60.5 Å². The normalized spacial score (nSPS) is 10.6. The van der Waals surface area contributed by atoms with Crippen molar-refractivity contribution in [3.8, 4) is 5.88 Å². The molecule has 1 N–H and O–H groups in total. The average molecular weight is 314 g/mol. The minimum Gasteiger partial charge on any atom is -0.472 e. The van der Waals surface area contributed by atoms with Crippen molar-refractivity contribution in [2.75, 3.05) is 7.11 Å². The van der Waals surface area contributed by atoms with Gasteiger partial charge >= 0.3 is 0 Å². The zero-order valence-corrected chi connectivity index (χ0v) is 12.7. The number of nitrogens with zero attached hydrogens (tertiary/aromatic N) is 1. The minimum atomic E-state index is -0.277. The van der Waals surface area contributed by atoms with Gasteiger partial charge in [-0.2, -0.15) is 4.37 Å². The van der Waals surface area contributed by atoms with Crippen molar-refractivity contribution in [2.24, 2.45) is 0 Å². The van der Waals surface area contributed by atoms with E-state index in [1.165, 1.54) is 18.6 Å². The smallest absolute Gasteiger partial charge is 0.274 e. The largest absolute Gasteiger partial charge is 0.472 e. The molecule has 0 unspecified atom stereocenters. The van der Waals surface area contributed by atoms with E-state index in [-0.39, 0.29) is 5.91 Å². The van der Waals surface area contributed by atoms with Gasteiger partial charge in [-0.1, -0.05) is 24.3 Å². The van der Waals surface area contributed by atoms with Gasteiger partial charge in [0.15, 0.2) is 0 Å². The lowest BCUT2D eigenvalue weighted by atomic mass is 10.1. The quantitative estimate of drug-likeness (QED) is 0.735.